The second-order valence-corrected chi connectivity index (χ2v) is 10.9. The van der Waals surface area contributed by atoms with E-state index in [-0.39, 0.29) is 22.6 Å². The fraction of sp³-hybridized carbons (Fsp3) is 0.500. The zero-order valence-electron chi connectivity index (χ0n) is 18.5. The Morgan fingerprint density at radius 2 is 2.00 bits per heavy atom. The molecule has 2 heterocycles. The van der Waals surface area contributed by atoms with Gasteiger partial charge in [-0.2, -0.15) is 4.31 Å². The van der Waals surface area contributed by atoms with E-state index in [9.17, 15) is 13.2 Å². The number of ether oxygens (including phenoxy) is 1. The van der Waals surface area contributed by atoms with E-state index in [0.29, 0.717) is 49.4 Å². The number of morpholine rings is 1. The number of aromatic nitrogens is 3. The Morgan fingerprint density at radius 1 is 1.24 bits per heavy atom. The van der Waals surface area contributed by atoms with Gasteiger partial charge in [0.25, 0.3) is 0 Å². The third kappa shape index (κ3) is 5.48. The molecule has 1 amide bonds. The number of sulfonamides is 1. The first kappa shape index (κ1) is 23.9. The summed E-state index contributed by atoms with van der Waals surface area (Å²) >= 11 is 1.34. The van der Waals surface area contributed by atoms with Crippen LogP contribution in [0.1, 0.15) is 31.7 Å². The number of amides is 1. The van der Waals surface area contributed by atoms with E-state index in [1.807, 2.05) is 6.07 Å². The highest BCUT2D eigenvalue weighted by atomic mass is 32.2. The maximum Gasteiger partial charge on any atom is 0.243 e. The first-order chi connectivity index (χ1) is 16.0. The van der Waals surface area contributed by atoms with Crippen molar-refractivity contribution < 1.29 is 17.9 Å². The van der Waals surface area contributed by atoms with Crippen molar-refractivity contribution in [3.05, 3.63) is 36.9 Å². The molecule has 1 saturated heterocycles. The average molecular weight is 492 g/mol. The third-order valence-corrected chi connectivity index (χ3v) is 8.67. The molecule has 1 aromatic heterocycles. The van der Waals surface area contributed by atoms with E-state index in [2.05, 4.69) is 26.7 Å². The van der Waals surface area contributed by atoms with Gasteiger partial charge in [0.2, 0.25) is 15.9 Å². The SMILES string of the molecule is C=CCNC(=O)CSc1nnc(-c2cccc(S(=O)(=O)N3CCOCC3)c2)n1C1CCCC1. The summed E-state index contributed by atoms with van der Waals surface area (Å²) in [5, 5.41) is 12.2. The minimum absolute atomic E-state index is 0.0963. The molecule has 0 atom stereocenters. The van der Waals surface area contributed by atoms with Crippen molar-refractivity contribution in [1.29, 1.82) is 0 Å². The Kier molecular flexibility index (Phi) is 7.84. The van der Waals surface area contributed by atoms with Gasteiger partial charge < -0.3 is 10.1 Å². The lowest BCUT2D eigenvalue weighted by Crippen LogP contribution is -2.40. The monoisotopic (exact) mass is 491 g/mol. The molecule has 2 aliphatic rings. The molecule has 9 nitrogen and oxygen atoms in total. The smallest absolute Gasteiger partial charge is 0.243 e. The van der Waals surface area contributed by atoms with Crippen molar-refractivity contribution in [1.82, 2.24) is 24.4 Å². The normalized spacial score (nSPS) is 17.8. The Morgan fingerprint density at radius 3 is 2.73 bits per heavy atom. The van der Waals surface area contributed by atoms with Crippen LogP contribution in [0.25, 0.3) is 11.4 Å². The van der Waals surface area contributed by atoms with Crippen LogP contribution in [0.5, 0.6) is 0 Å². The summed E-state index contributed by atoms with van der Waals surface area (Å²) in [6.07, 6.45) is 5.90. The van der Waals surface area contributed by atoms with Gasteiger partial charge in [-0.15, -0.1) is 16.8 Å². The molecule has 0 bridgehead atoms. The molecule has 2 aromatic rings. The van der Waals surface area contributed by atoms with Gasteiger partial charge in [0.05, 0.1) is 23.9 Å². The predicted octanol–water partition coefficient (Wildman–Crippen LogP) is 2.48. The van der Waals surface area contributed by atoms with Crippen LogP contribution in [0.15, 0.2) is 47.0 Å². The fourth-order valence-electron chi connectivity index (χ4n) is 4.16. The van der Waals surface area contributed by atoms with Gasteiger partial charge in [0.1, 0.15) is 0 Å². The maximum absolute atomic E-state index is 13.2. The number of hydrogen-bond donors (Lipinski definition) is 1. The molecule has 1 saturated carbocycles. The molecule has 33 heavy (non-hydrogen) atoms. The Hall–Kier alpha value is -2.21. The van der Waals surface area contributed by atoms with Gasteiger partial charge in [-0.05, 0) is 25.0 Å². The van der Waals surface area contributed by atoms with E-state index >= 15 is 0 Å². The number of rotatable bonds is 9. The van der Waals surface area contributed by atoms with Gasteiger partial charge in [0.15, 0.2) is 11.0 Å². The van der Waals surface area contributed by atoms with Crippen LogP contribution in [0.2, 0.25) is 0 Å². The lowest BCUT2D eigenvalue weighted by Gasteiger charge is -2.26. The van der Waals surface area contributed by atoms with Crippen LogP contribution in [-0.4, -0.2) is 72.0 Å². The molecule has 1 aliphatic heterocycles. The Labute approximate surface area is 198 Å². The lowest BCUT2D eigenvalue weighted by molar-refractivity contribution is -0.118. The summed E-state index contributed by atoms with van der Waals surface area (Å²) in [5.74, 6) is 0.764. The van der Waals surface area contributed by atoms with Crippen LogP contribution >= 0.6 is 11.8 Å². The van der Waals surface area contributed by atoms with Crippen molar-refractivity contribution in [2.45, 2.75) is 41.8 Å². The molecule has 4 rings (SSSR count). The van der Waals surface area contributed by atoms with Crippen molar-refractivity contribution in [2.75, 3.05) is 38.6 Å². The van der Waals surface area contributed by atoms with E-state index in [4.69, 9.17) is 4.74 Å². The number of thioether (sulfide) groups is 1. The fourth-order valence-corrected chi connectivity index (χ4v) is 6.45. The zero-order valence-corrected chi connectivity index (χ0v) is 20.1. The lowest BCUT2D eigenvalue weighted by atomic mass is 10.2. The van der Waals surface area contributed by atoms with Crippen LogP contribution in [0, 0.1) is 0 Å². The average Bonchev–Trinajstić information content (AvgIpc) is 3.52. The van der Waals surface area contributed by atoms with Crippen LogP contribution in [0.4, 0.5) is 0 Å². The topological polar surface area (TPSA) is 106 Å². The molecular formula is C22H29N5O4S2. The quantitative estimate of drug-likeness (QED) is 0.424. The molecule has 2 fully saturated rings. The van der Waals surface area contributed by atoms with E-state index in [1.54, 1.807) is 24.3 Å². The number of carbonyl (C=O) groups is 1. The van der Waals surface area contributed by atoms with E-state index in [1.165, 1.54) is 16.1 Å². The number of nitrogens with zero attached hydrogens (tertiary/aromatic N) is 4. The highest BCUT2D eigenvalue weighted by molar-refractivity contribution is 7.99. The second kappa shape index (κ2) is 10.8. The minimum Gasteiger partial charge on any atom is -0.379 e. The van der Waals surface area contributed by atoms with Crippen LogP contribution in [-0.2, 0) is 19.6 Å². The summed E-state index contributed by atoms with van der Waals surface area (Å²) in [7, 11) is -3.62. The number of benzene rings is 1. The zero-order chi connectivity index (χ0) is 23.3. The van der Waals surface area contributed by atoms with E-state index < -0.39 is 10.0 Å². The highest BCUT2D eigenvalue weighted by Gasteiger charge is 2.29. The van der Waals surface area contributed by atoms with Gasteiger partial charge in [-0.3, -0.25) is 9.36 Å². The number of hydrogen-bond acceptors (Lipinski definition) is 7. The number of carbonyl (C=O) groups excluding carboxylic acids is 1. The first-order valence-corrected chi connectivity index (χ1v) is 13.6. The molecule has 178 valence electrons. The van der Waals surface area contributed by atoms with Crippen molar-refractivity contribution in [2.24, 2.45) is 0 Å². The summed E-state index contributed by atoms with van der Waals surface area (Å²) in [6.45, 7) is 5.52. The van der Waals surface area contributed by atoms with Crippen molar-refractivity contribution >= 4 is 27.7 Å². The predicted molar refractivity (Wildman–Crippen MR) is 126 cm³/mol. The molecular weight excluding hydrogens is 462 g/mol. The Balaban J connectivity index is 1.63. The van der Waals surface area contributed by atoms with Gasteiger partial charge in [0, 0.05) is 31.2 Å². The third-order valence-electron chi connectivity index (χ3n) is 5.83. The second-order valence-electron chi connectivity index (χ2n) is 8.04. The first-order valence-electron chi connectivity index (χ1n) is 11.1. The maximum atomic E-state index is 13.2. The standard InChI is InChI=1S/C22H29N5O4S2/c1-2-10-23-20(28)16-32-22-25-24-21(27(22)18-7-3-4-8-18)17-6-5-9-19(15-17)33(29,30)26-11-13-31-14-12-26/h2,5-6,9,15,18H,1,3-4,7-8,10-14,16H2,(H,23,28). The molecule has 0 unspecified atom stereocenters. The summed E-state index contributed by atoms with van der Waals surface area (Å²) < 4.78 is 35.1. The summed E-state index contributed by atoms with van der Waals surface area (Å²) in [5.41, 5.74) is 0.701. The summed E-state index contributed by atoms with van der Waals surface area (Å²) in [6, 6.07) is 7.12. The number of nitrogens with one attached hydrogen (secondary N) is 1. The van der Waals surface area contributed by atoms with Crippen molar-refractivity contribution in [3.63, 3.8) is 0 Å². The molecule has 1 aliphatic carbocycles. The molecule has 11 heteroatoms. The van der Waals surface area contributed by atoms with Crippen LogP contribution in [0.3, 0.4) is 0 Å². The minimum atomic E-state index is -3.62. The van der Waals surface area contributed by atoms with E-state index in [0.717, 1.165) is 25.7 Å². The molecule has 1 aromatic carbocycles. The molecule has 0 radical (unpaired) electrons. The highest BCUT2D eigenvalue weighted by Crippen LogP contribution is 2.37. The Bertz CT molecular complexity index is 1090. The largest absolute Gasteiger partial charge is 0.379 e. The molecule has 0 spiro atoms. The summed E-state index contributed by atoms with van der Waals surface area (Å²) in [4.78, 5) is 12.3. The van der Waals surface area contributed by atoms with Crippen LogP contribution < -0.4 is 5.32 Å². The van der Waals surface area contributed by atoms with Gasteiger partial charge in [-0.1, -0.05) is 42.8 Å². The van der Waals surface area contributed by atoms with Gasteiger partial charge >= 0.3 is 0 Å². The van der Waals surface area contributed by atoms with Crippen molar-refractivity contribution in [3.8, 4) is 11.4 Å². The van der Waals surface area contributed by atoms with Gasteiger partial charge in [-0.25, -0.2) is 8.42 Å². The molecule has 1 N–H and O–H groups in total.